The number of piperidine rings is 1. The summed E-state index contributed by atoms with van der Waals surface area (Å²) in [5.74, 6) is 0.290. The number of amides is 1. The molecule has 1 amide bonds. The van der Waals surface area contributed by atoms with E-state index >= 15 is 0 Å². The summed E-state index contributed by atoms with van der Waals surface area (Å²) in [4.78, 5) is 21.0. The third kappa shape index (κ3) is 2.90. The minimum absolute atomic E-state index is 0.0557. The number of nitrogens with one attached hydrogen (secondary N) is 1. The lowest BCUT2D eigenvalue weighted by molar-refractivity contribution is -0.134. The van der Waals surface area contributed by atoms with E-state index in [1.54, 1.807) is 11.3 Å². The van der Waals surface area contributed by atoms with E-state index in [0.717, 1.165) is 44.3 Å². The summed E-state index contributed by atoms with van der Waals surface area (Å²) in [5, 5.41) is 6.41. The van der Waals surface area contributed by atoms with Crippen molar-refractivity contribution >= 4 is 22.4 Å². The van der Waals surface area contributed by atoms with Crippen LogP contribution in [0.1, 0.15) is 19.3 Å². The molecule has 3 heterocycles. The van der Waals surface area contributed by atoms with Crippen LogP contribution >= 0.6 is 11.3 Å². The molecular formula is C13H20N4OS. The average Bonchev–Trinajstić information content (AvgIpc) is 3.02. The largest absolute Gasteiger partial charge is 0.345 e. The molecule has 5 nitrogen and oxygen atoms in total. The quantitative estimate of drug-likeness (QED) is 0.876. The van der Waals surface area contributed by atoms with Crippen LogP contribution in [0.4, 0.5) is 5.13 Å². The van der Waals surface area contributed by atoms with Gasteiger partial charge in [0.15, 0.2) is 5.13 Å². The summed E-state index contributed by atoms with van der Waals surface area (Å²) in [6.07, 6.45) is 5.19. The number of piperazine rings is 1. The van der Waals surface area contributed by atoms with Gasteiger partial charge >= 0.3 is 0 Å². The van der Waals surface area contributed by atoms with Gasteiger partial charge in [-0.3, -0.25) is 4.79 Å². The number of aromatic nitrogens is 1. The van der Waals surface area contributed by atoms with Crippen molar-refractivity contribution in [1.82, 2.24) is 15.2 Å². The Balaban J connectivity index is 1.53. The van der Waals surface area contributed by atoms with E-state index in [9.17, 15) is 4.79 Å². The van der Waals surface area contributed by atoms with Gasteiger partial charge in [-0.15, -0.1) is 11.3 Å². The Morgan fingerprint density at radius 1 is 1.32 bits per heavy atom. The van der Waals surface area contributed by atoms with E-state index in [4.69, 9.17) is 0 Å². The minimum atomic E-state index is 0.0557. The predicted octanol–water partition coefficient (Wildman–Crippen LogP) is 0.934. The van der Waals surface area contributed by atoms with Crippen LogP contribution in [0.3, 0.4) is 0 Å². The number of hydrogen-bond acceptors (Lipinski definition) is 5. The van der Waals surface area contributed by atoms with Crippen molar-refractivity contribution in [3.63, 3.8) is 0 Å². The van der Waals surface area contributed by atoms with E-state index in [-0.39, 0.29) is 6.04 Å². The molecule has 3 rings (SSSR count). The number of nitrogens with zero attached hydrogens (tertiary/aromatic N) is 3. The zero-order chi connectivity index (χ0) is 13.1. The molecule has 1 aromatic heterocycles. The van der Waals surface area contributed by atoms with Gasteiger partial charge in [-0.2, -0.15) is 0 Å². The van der Waals surface area contributed by atoms with Crippen molar-refractivity contribution < 1.29 is 4.79 Å². The minimum Gasteiger partial charge on any atom is -0.345 e. The molecule has 104 valence electrons. The molecule has 1 N–H and O–H groups in total. The Morgan fingerprint density at radius 3 is 2.79 bits per heavy atom. The SMILES string of the molecule is O=C([C@H]1CCCCN1)N1CCN(c2nccs2)CC1. The van der Waals surface area contributed by atoms with Crippen LogP contribution < -0.4 is 10.2 Å². The van der Waals surface area contributed by atoms with Gasteiger partial charge in [0.1, 0.15) is 0 Å². The summed E-state index contributed by atoms with van der Waals surface area (Å²) in [6, 6.07) is 0.0557. The first-order valence-corrected chi connectivity index (χ1v) is 7.89. The second kappa shape index (κ2) is 5.88. The summed E-state index contributed by atoms with van der Waals surface area (Å²) in [5.41, 5.74) is 0. The molecule has 0 aromatic carbocycles. The highest BCUT2D eigenvalue weighted by atomic mass is 32.1. The van der Waals surface area contributed by atoms with Crippen molar-refractivity contribution in [2.45, 2.75) is 25.3 Å². The molecule has 2 saturated heterocycles. The van der Waals surface area contributed by atoms with Crippen LogP contribution in [0.25, 0.3) is 0 Å². The molecule has 0 radical (unpaired) electrons. The Hall–Kier alpha value is -1.14. The first-order valence-electron chi connectivity index (χ1n) is 7.01. The van der Waals surface area contributed by atoms with Crippen molar-refractivity contribution in [2.24, 2.45) is 0 Å². The number of hydrogen-bond donors (Lipinski definition) is 1. The van der Waals surface area contributed by atoms with Gasteiger partial charge in [-0.05, 0) is 19.4 Å². The van der Waals surface area contributed by atoms with E-state index in [2.05, 4.69) is 15.2 Å². The Morgan fingerprint density at radius 2 is 2.16 bits per heavy atom. The van der Waals surface area contributed by atoms with Gasteiger partial charge in [0.25, 0.3) is 0 Å². The number of carbonyl (C=O) groups excluding carboxylic acids is 1. The number of carbonyl (C=O) groups is 1. The van der Waals surface area contributed by atoms with Crippen LogP contribution in [0.2, 0.25) is 0 Å². The number of anilines is 1. The number of thiazole rings is 1. The van der Waals surface area contributed by atoms with Crippen LogP contribution in [0.5, 0.6) is 0 Å². The highest BCUT2D eigenvalue weighted by molar-refractivity contribution is 7.13. The van der Waals surface area contributed by atoms with Gasteiger partial charge in [0, 0.05) is 37.8 Å². The molecule has 2 aliphatic heterocycles. The van der Waals surface area contributed by atoms with E-state index in [0.29, 0.717) is 5.91 Å². The van der Waals surface area contributed by atoms with Gasteiger partial charge in [-0.25, -0.2) is 4.98 Å². The molecule has 0 bridgehead atoms. The Kier molecular flexibility index (Phi) is 3.98. The highest BCUT2D eigenvalue weighted by Crippen LogP contribution is 2.19. The molecule has 2 fully saturated rings. The van der Waals surface area contributed by atoms with Crippen LogP contribution in [0.15, 0.2) is 11.6 Å². The fourth-order valence-corrected chi connectivity index (χ4v) is 3.47. The molecule has 0 unspecified atom stereocenters. The topological polar surface area (TPSA) is 48.5 Å². The molecule has 1 atom stereocenters. The van der Waals surface area contributed by atoms with Crippen LogP contribution in [-0.2, 0) is 4.79 Å². The third-order valence-electron chi connectivity index (χ3n) is 3.89. The van der Waals surface area contributed by atoms with E-state index in [1.165, 1.54) is 12.8 Å². The summed E-state index contributed by atoms with van der Waals surface area (Å²) < 4.78 is 0. The van der Waals surface area contributed by atoms with Gasteiger partial charge in [-0.1, -0.05) is 6.42 Å². The van der Waals surface area contributed by atoms with Crippen LogP contribution in [-0.4, -0.2) is 54.6 Å². The zero-order valence-electron chi connectivity index (χ0n) is 11.0. The molecule has 2 aliphatic rings. The maximum Gasteiger partial charge on any atom is 0.239 e. The van der Waals surface area contributed by atoms with E-state index < -0.39 is 0 Å². The monoisotopic (exact) mass is 280 g/mol. The standard InChI is InChI=1S/C13H20N4OS/c18-12(11-3-1-2-4-14-11)16-6-8-17(9-7-16)13-15-5-10-19-13/h5,10-11,14H,1-4,6-9H2/t11-/m1/s1. The van der Waals surface area contributed by atoms with Crippen LogP contribution in [0, 0.1) is 0 Å². The molecule has 19 heavy (non-hydrogen) atoms. The van der Waals surface area contributed by atoms with Gasteiger partial charge in [0.05, 0.1) is 6.04 Å². The van der Waals surface area contributed by atoms with Crippen molar-refractivity contribution in [3.8, 4) is 0 Å². The molecule has 0 spiro atoms. The molecule has 6 heteroatoms. The normalized spacial score (nSPS) is 24.5. The summed E-state index contributed by atoms with van der Waals surface area (Å²) >= 11 is 1.67. The van der Waals surface area contributed by atoms with Crippen molar-refractivity contribution in [1.29, 1.82) is 0 Å². The lowest BCUT2D eigenvalue weighted by atomic mass is 10.0. The van der Waals surface area contributed by atoms with E-state index in [1.807, 2.05) is 16.5 Å². The maximum absolute atomic E-state index is 12.4. The fraction of sp³-hybridized carbons (Fsp3) is 0.692. The zero-order valence-corrected chi connectivity index (χ0v) is 11.9. The lowest BCUT2D eigenvalue weighted by Gasteiger charge is -2.37. The fourth-order valence-electron chi connectivity index (χ4n) is 2.77. The third-order valence-corrected chi connectivity index (χ3v) is 4.72. The average molecular weight is 280 g/mol. The van der Waals surface area contributed by atoms with Crippen molar-refractivity contribution in [2.75, 3.05) is 37.6 Å². The summed E-state index contributed by atoms with van der Waals surface area (Å²) in [6.45, 7) is 4.40. The molecule has 1 aromatic rings. The Bertz CT molecular complexity index is 408. The first-order chi connectivity index (χ1) is 9.34. The second-order valence-corrected chi connectivity index (χ2v) is 6.00. The Labute approximate surface area is 117 Å². The van der Waals surface area contributed by atoms with Gasteiger partial charge in [0.2, 0.25) is 5.91 Å². The predicted molar refractivity (Wildman–Crippen MR) is 76.5 cm³/mol. The van der Waals surface area contributed by atoms with Crippen molar-refractivity contribution in [3.05, 3.63) is 11.6 Å². The second-order valence-electron chi connectivity index (χ2n) is 5.13. The lowest BCUT2D eigenvalue weighted by Crippen LogP contribution is -2.55. The molecule has 0 aliphatic carbocycles. The maximum atomic E-state index is 12.4. The van der Waals surface area contributed by atoms with Gasteiger partial charge < -0.3 is 15.1 Å². The number of rotatable bonds is 2. The molecular weight excluding hydrogens is 260 g/mol. The smallest absolute Gasteiger partial charge is 0.239 e. The molecule has 0 saturated carbocycles. The summed E-state index contributed by atoms with van der Waals surface area (Å²) in [7, 11) is 0. The first kappa shape index (κ1) is 12.9. The highest BCUT2D eigenvalue weighted by Gasteiger charge is 2.28.